The van der Waals surface area contributed by atoms with E-state index in [1.807, 2.05) is 0 Å². The average Bonchev–Trinajstić information content (AvgIpc) is 3.86. The summed E-state index contributed by atoms with van der Waals surface area (Å²) in [6, 6.07) is 1.33. The monoisotopic (exact) mass is 802 g/mol. The van der Waals surface area contributed by atoms with Crippen molar-refractivity contribution in [1.82, 2.24) is 18.8 Å². The number of rotatable bonds is 0. The fourth-order valence-corrected chi connectivity index (χ4v) is 9.18. The van der Waals surface area contributed by atoms with Gasteiger partial charge in [-0.1, -0.05) is 0 Å². The number of hydrogen-bond donors (Lipinski definition) is 0. The molecule has 9 aromatic rings. The van der Waals surface area contributed by atoms with Gasteiger partial charge in [-0.05, 0) is 24.3 Å². The van der Waals surface area contributed by atoms with Crippen molar-refractivity contribution in [2.24, 2.45) is 0 Å². The van der Waals surface area contributed by atoms with E-state index in [9.17, 15) is 43.9 Å². The fourth-order valence-electron chi connectivity index (χ4n) is 9.18. The Bertz CT molecular complexity index is 3090. The van der Waals surface area contributed by atoms with Gasteiger partial charge in [-0.3, -0.25) is 9.97 Å². The predicted octanol–water partition coefficient (Wildman–Crippen LogP) is 12.3. The summed E-state index contributed by atoms with van der Waals surface area (Å²) in [4.78, 5) is 6.94. The molecule has 286 valence electrons. The molecule has 0 saturated heterocycles. The molecule has 0 N–H and O–H groups in total. The fraction of sp³-hybridized carbons (Fsp3) is 0.222. The molecule has 56 heavy (non-hydrogen) atoms. The Morgan fingerprint density at radius 1 is 0.464 bits per heavy atom. The van der Waals surface area contributed by atoms with Gasteiger partial charge in [0.15, 0.2) is 11.6 Å². The third kappa shape index (κ3) is 3.67. The quantitative estimate of drug-likeness (QED) is 0.143. The van der Waals surface area contributed by atoms with E-state index in [2.05, 4.69) is 9.97 Å². The summed E-state index contributed by atoms with van der Waals surface area (Å²) >= 11 is 0. The molecule has 0 atom stereocenters. The lowest BCUT2D eigenvalue weighted by Gasteiger charge is -2.13. The molecule has 0 aliphatic heterocycles. The highest BCUT2D eigenvalue weighted by molar-refractivity contribution is 6.30. The third-order valence-electron chi connectivity index (χ3n) is 11.1. The van der Waals surface area contributed by atoms with Crippen LogP contribution in [0.1, 0.15) is 46.5 Å². The molecule has 6 heterocycles. The lowest BCUT2D eigenvalue weighted by atomic mass is 9.98. The molecule has 20 heteroatoms. The van der Waals surface area contributed by atoms with E-state index in [0.29, 0.717) is 45.5 Å². The summed E-state index contributed by atoms with van der Waals surface area (Å²) in [5.74, 6) is -20.6. The summed E-state index contributed by atoms with van der Waals surface area (Å²) < 4.78 is 244. The number of halogens is 16. The number of pyridine rings is 2. The van der Waals surface area contributed by atoms with Gasteiger partial charge in [0.2, 0.25) is 0 Å². The average molecular weight is 802 g/mol. The molecule has 2 aliphatic rings. The van der Waals surface area contributed by atoms with Crippen molar-refractivity contribution in [2.75, 3.05) is 0 Å². The highest BCUT2D eigenvalue weighted by Crippen LogP contribution is 2.59. The molecule has 4 nitrogen and oxygen atoms in total. The zero-order valence-corrected chi connectivity index (χ0v) is 26.7. The number of hydrogen-bond acceptors (Lipinski definition) is 2. The molecule has 0 unspecified atom stereocenters. The van der Waals surface area contributed by atoms with Crippen molar-refractivity contribution >= 4 is 76.2 Å². The zero-order valence-electron chi connectivity index (χ0n) is 26.7. The second kappa shape index (κ2) is 9.18. The molecule has 2 aliphatic carbocycles. The van der Waals surface area contributed by atoms with Crippen LogP contribution in [0, 0.1) is 11.6 Å². The van der Waals surface area contributed by atoms with Crippen molar-refractivity contribution < 1.29 is 70.2 Å². The van der Waals surface area contributed by atoms with Crippen LogP contribution >= 0.6 is 0 Å². The van der Waals surface area contributed by atoms with Crippen LogP contribution in [-0.4, -0.2) is 18.8 Å². The summed E-state index contributed by atoms with van der Waals surface area (Å²) in [5.41, 5.74) is -13.5. The first kappa shape index (κ1) is 33.8. The molecule has 3 aromatic carbocycles. The van der Waals surface area contributed by atoms with Crippen molar-refractivity contribution in [3.05, 3.63) is 81.9 Å². The molecule has 0 spiro atoms. The van der Waals surface area contributed by atoms with Crippen LogP contribution in [0.3, 0.4) is 0 Å². The van der Waals surface area contributed by atoms with Gasteiger partial charge in [0.05, 0.1) is 80.6 Å². The van der Waals surface area contributed by atoms with Crippen molar-refractivity contribution in [3.63, 3.8) is 0 Å². The Morgan fingerprint density at radius 2 is 0.786 bits per heavy atom. The van der Waals surface area contributed by atoms with Gasteiger partial charge in [-0.2, -0.15) is 43.9 Å². The maximum atomic E-state index is 17.5. The van der Waals surface area contributed by atoms with Crippen LogP contribution < -0.4 is 0 Å². The van der Waals surface area contributed by atoms with E-state index >= 15 is 26.3 Å². The Morgan fingerprint density at radius 3 is 1.11 bits per heavy atom. The summed E-state index contributed by atoms with van der Waals surface area (Å²) in [5, 5.41) is -6.92. The van der Waals surface area contributed by atoms with E-state index < -0.39 is 170 Å². The summed E-state index contributed by atoms with van der Waals surface area (Å²) in [6.45, 7) is 0. The van der Waals surface area contributed by atoms with Gasteiger partial charge in [0.1, 0.15) is 11.4 Å². The van der Waals surface area contributed by atoms with Crippen LogP contribution in [0.2, 0.25) is 0 Å². The molecule has 0 fully saturated rings. The topological polar surface area (TPSA) is 34.6 Å². The second-order valence-corrected chi connectivity index (χ2v) is 14.2. The highest BCUT2D eigenvalue weighted by Gasteiger charge is 2.60. The summed E-state index contributed by atoms with van der Waals surface area (Å²) in [6.07, 6.45) is -13.7. The molecule has 0 bridgehead atoms. The van der Waals surface area contributed by atoms with E-state index in [1.165, 1.54) is 0 Å². The van der Waals surface area contributed by atoms with E-state index in [1.54, 1.807) is 0 Å². The predicted molar refractivity (Wildman–Crippen MR) is 166 cm³/mol. The van der Waals surface area contributed by atoms with Gasteiger partial charge in [0, 0.05) is 43.1 Å². The lowest BCUT2D eigenvalue weighted by molar-refractivity contribution is -0.138. The maximum absolute atomic E-state index is 17.5. The minimum absolute atomic E-state index is 0.329. The Hall–Kier alpha value is -5.56. The minimum atomic E-state index is -5.30. The number of aromatic nitrogens is 4. The largest absolute Gasteiger partial charge is 0.416 e. The molecule has 0 saturated carbocycles. The van der Waals surface area contributed by atoms with Crippen molar-refractivity contribution in [3.8, 4) is 0 Å². The Kier molecular flexibility index (Phi) is 5.53. The van der Waals surface area contributed by atoms with Crippen LogP contribution in [-0.2, 0) is 36.0 Å². The van der Waals surface area contributed by atoms with Gasteiger partial charge in [-0.15, -0.1) is 0 Å². The molecular weight excluding hydrogens is 792 g/mol. The lowest BCUT2D eigenvalue weighted by Crippen LogP contribution is -2.13. The Balaban J connectivity index is 1.42. The first-order chi connectivity index (χ1) is 25.9. The molecular formula is C36H10F16N4. The second-order valence-electron chi connectivity index (χ2n) is 14.2. The van der Waals surface area contributed by atoms with Crippen LogP contribution in [0.25, 0.3) is 76.2 Å². The van der Waals surface area contributed by atoms with Crippen LogP contribution in [0.4, 0.5) is 70.2 Å². The normalized spacial score (nSPS) is 19.1. The van der Waals surface area contributed by atoms with E-state index in [4.69, 9.17) is 0 Å². The number of benzene rings is 3. The number of nitrogens with zero attached hydrogens (tertiary/aromatic N) is 4. The van der Waals surface area contributed by atoms with E-state index in [-0.39, 0.29) is 0 Å². The van der Waals surface area contributed by atoms with Crippen LogP contribution in [0.15, 0.2) is 36.7 Å². The zero-order chi connectivity index (χ0) is 39.9. The third-order valence-corrected chi connectivity index (χ3v) is 11.1. The molecule has 0 amide bonds. The van der Waals surface area contributed by atoms with Gasteiger partial charge in [-0.25, -0.2) is 26.3 Å². The van der Waals surface area contributed by atoms with Crippen molar-refractivity contribution in [2.45, 2.75) is 48.9 Å². The number of fused-ring (bicyclic) bond motifs is 16. The minimum Gasteiger partial charge on any atom is -0.304 e. The molecule has 0 radical (unpaired) electrons. The van der Waals surface area contributed by atoms with Gasteiger partial charge in [0.25, 0.3) is 23.7 Å². The SMILES string of the molecule is Fc1c2c3cc(C(F)(F)F)cc4c5c6c(ncc5n(c2c(F)c2c5cc(C(F)(F)F)cc7c8c9c(ncc8n(c12)c75)C(F)(F)CC9(F)F)c43)C(F)(F)CC6(F)F. The first-order valence-corrected chi connectivity index (χ1v) is 16.1. The van der Waals surface area contributed by atoms with Crippen LogP contribution in [0.5, 0.6) is 0 Å². The molecule has 6 aromatic heterocycles. The van der Waals surface area contributed by atoms with Crippen molar-refractivity contribution in [1.29, 1.82) is 0 Å². The smallest absolute Gasteiger partial charge is 0.304 e. The van der Waals surface area contributed by atoms with Gasteiger partial charge < -0.3 is 8.80 Å². The molecule has 11 rings (SSSR count). The number of alkyl halides is 14. The maximum Gasteiger partial charge on any atom is 0.416 e. The standard InChI is InChI=1S/C36H10F16N4/c37-23-19-13-3-9(35(47,48)49)1-11-17-15(5-53-29-21(17)31(39,40)7-33(29,43)44)55(25(11)13)27(19)24(38)20-14-4-10(36(50,51)52)2-12-18-16(56(26(12)14)28(20)23)6-54-30-22(18)32(41,42)8-34(30,45)46/h1-6H,7-8H2. The first-order valence-electron chi connectivity index (χ1n) is 16.1. The Labute approximate surface area is 296 Å². The van der Waals surface area contributed by atoms with Gasteiger partial charge >= 0.3 is 12.4 Å². The highest BCUT2D eigenvalue weighted by atomic mass is 19.4. The summed E-state index contributed by atoms with van der Waals surface area (Å²) in [7, 11) is 0. The van der Waals surface area contributed by atoms with E-state index in [0.717, 1.165) is 0 Å².